The van der Waals surface area contributed by atoms with Crippen molar-refractivity contribution in [2.45, 2.75) is 44.7 Å². The highest BCUT2D eigenvalue weighted by Crippen LogP contribution is 2.48. The zero-order valence-corrected chi connectivity index (χ0v) is 12.3. The highest BCUT2D eigenvalue weighted by Gasteiger charge is 2.51. The molecule has 5 atom stereocenters. The van der Waals surface area contributed by atoms with Crippen LogP contribution >= 0.6 is 0 Å². The van der Waals surface area contributed by atoms with Crippen LogP contribution in [0.5, 0.6) is 0 Å². The van der Waals surface area contributed by atoms with E-state index in [4.69, 9.17) is 0 Å². The summed E-state index contributed by atoms with van der Waals surface area (Å²) in [6.45, 7) is 2.08. The largest absolute Gasteiger partial charge is 0.481 e. The highest BCUT2D eigenvalue weighted by molar-refractivity contribution is 5.72. The van der Waals surface area contributed by atoms with Crippen molar-refractivity contribution in [1.29, 1.82) is 0 Å². The summed E-state index contributed by atoms with van der Waals surface area (Å²) in [6.07, 6.45) is 4.06. The zero-order valence-electron chi connectivity index (χ0n) is 12.3. The zero-order chi connectivity index (χ0) is 15.0. The molecule has 1 aromatic carbocycles. The molecule has 2 aliphatic rings. The standard InChI is InChI=1S/C17H22FNO2/c1-10(8-11-2-6-14(18)7-3-11)19-16-13-5-4-12(9-13)15(16)17(20)21/h2-3,6-7,10,12-13,15-16,19H,4-5,8-9H2,1H3,(H,20,21). The lowest BCUT2D eigenvalue weighted by Gasteiger charge is -2.31. The van der Waals surface area contributed by atoms with Crippen LogP contribution in [0.4, 0.5) is 4.39 Å². The van der Waals surface area contributed by atoms with E-state index < -0.39 is 5.97 Å². The summed E-state index contributed by atoms with van der Waals surface area (Å²) in [5.41, 5.74) is 1.08. The van der Waals surface area contributed by atoms with Gasteiger partial charge in [-0.1, -0.05) is 12.1 Å². The number of fused-ring (bicyclic) bond motifs is 2. The van der Waals surface area contributed by atoms with E-state index in [1.54, 1.807) is 12.1 Å². The van der Waals surface area contributed by atoms with Gasteiger partial charge in [0.05, 0.1) is 5.92 Å². The summed E-state index contributed by atoms with van der Waals surface area (Å²) >= 11 is 0. The van der Waals surface area contributed by atoms with Crippen LogP contribution in [0.1, 0.15) is 31.7 Å². The second-order valence-electron chi connectivity index (χ2n) is 6.62. The van der Waals surface area contributed by atoms with Gasteiger partial charge in [0.25, 0.3) is 0 Å². The molecule has 3 nitrogen and oxygen atoms in total. The van der Waals surface area contributed by atoms with Crippen LogP contribution in [0.2, 0.25) is 0 Å². The Balaban J connectivity index is 1.62. The second kappa shape index (κ2) is 5.76. The van der Waals surface area contributed by atoms with Crippen LogP contribution in [0.25, 0.3) is 0 Å². The molecular weight excluding hydrogens is 269 g/mol. The molecule has 3 rings (SSSR count). The van der Waals surface area contributed by atoms with E-state index in [2.05, 4.69) is 12.2 Å². The molecule has 2 aliphatic carbocycles. The van der Waals surface area contributed by atoms with Crippen LogP contribution < -0.4 is 5.32 Å². The first-order valence-electron chi connectivity index (χ1n) is 7.78. The summed E-state index contributed by atoms with van der Waals surface area (Å²) < 4.78 is 12.9. The normalized spacial score (nSPS) is 32.3. The number of carboxylic acid groups (broad SMARTS) is 1. The molecule has 0 radical (unpaired) electrons. The van der Waals surface area contributed by atoms with Crippen LogP contribution in [-0.2, 0) is 11.2 Å². The number of aliphatic carboxylic acids is 1. The lowest BCUT2D eigenvalue weighted by atomic mass is 9.84. The van der Waals surface area contributed by atoms with Crippen LogP contribution in [0.3, 0.4) is 0 Å². The summed E-state index contributed by atoms with van der Waals surface area (Å²) in [5, 5.41) is 13.0. The molecule has 1 aromatic rings. The predicted octanol–water partition coefficient (Wildman–Crippen LogP) is 2.85. The first-order valence-corrected chi connectivity index (χ1v) is 7.78. The van der Waals surface area contributed by atoms with Gasteiger partial charge in [0.1, 0.15) is 5.82 Å². The van der Waals surface area contributed by atoms with Gasteiger partial charge in [-0.3, -0.25) is 4.79 Å². The van der Waals surface area contributed by atoms with Crippen molar-refractivity contribution in [3.05, 3.63) is 35.6 Å². The topological polar surface area (TPSA) is 49.3 Å². The molecule has 0 spiro atoms. The fourth-order valence-corrected chi connectivity index (χ4v) is 4.25. The maximum absolute atomic E-state index is 12.9. The van der Waals surface area contributed by atoms with Crippen LogP contribution in [-0.4, -0.2) is 23.2 Å². The Bertz CT molecular complexity index is 516. The van der Waals surface area contributed by atoms with Crippen molar-refractivity contribution in [2.24, 2.45) is 17.8 Å². The van der Waals surface area contributed by atoms with Gasteiger partial charge in [0, 0.05) is 12.1 Å². The van der Waals surface area contributed by atoms with Crippen LogP contribution in [0, 0.1) is 23.6 Å². The molecule has 2 saturated carbocycles. The monoisotopic (exact) mass is 291 g/mol. The Morgan fingerprint density at radius 3 is 2.67 bits per heavy atom. The third-order valence-corrected chi connectivity index (χ3v) is 5.13. The molecule has 2 bridgehead atoms. The molecule has 0 aromatic heterocycles. The third kappa shape index (κ3) is 2.95. The van der Waals surface area contributed by atoms with Crippen molar-refractivity contribution < 1.29 is 14.3 Å². The first kappa shape index (κ1) is 14.5. The lowest BCUT2D eigenvalue weighted by molar-refractivity contribution is -0.144. The van der Waals surface area contributed by atoms with E-state index in [1.807, 2.05) is 0 Å². The third-order valence-electron chi connectivity index (χ3n) is 5.13. The number of carboxylic acids is 1. The summed E-state index contributed by atoms with van der Waals surface area (Å²) in [7, 11) is 0. The molecule has 21 heavy (non-hydrogen) atoms. The second-order valence-corrected chi connectivity index (χ2v) is 6.62. The minimum absolute atomic E-state index is 0.0942. The Morgan fingerprint density at radius 1 is 1.33 bits per heavy atom. The van der Waals surface area contributed by atoms with Crippen LogP contribution in [0.15, 0.2) is 24.3 Å². The Labute approximate surface area is 124 Å². The number of rotatable bonds is 5. The SMILES string of the molecule is CC(Cc1ccc(F)cc1)NC1C2CCC(C2)C1C(=O)O. The summed E-state index contributed by atoms with van der Waals surface area (Å²) in [4.78, 5) is 11.5. The van der Waals surface area contributed by atoms with Crippen molar-refractivity contribution in [1.82, 2.24) is 5.32 Å². The average Bonchev–Trinajstić information content (AvgIpc) is 3.02. The van der Waals surface area contributed by atoms with Gasteiger partial charge in [-0.2, -0.15) is 0 Å². The first-order chi connectivity index (χ1) is 10.0. The van der Waals surface area contributed by atoms with Gasteiger partial charge >= 0.3 is 5.97 Å². The molecule has 0 saturated heterocycles. The number of hydrogen-bond acceptors (Lipinski definition) is 2. The average molecular weight is 291 g/mol. The van der Waals surface area contributed by atoms with Gasteiger partial charge < -0.3 is 10.4 Å². The van der Waals surface area contributed by atoms with Gasteiger partial charge in [-0.05, 0) is 62.1 Å². The van der Waals surface area contributed by atoms with Gasteiger partial charge in [-0.15, -0.1) is 0 Å². The van der Waals surface area contributed by atoms with Crippen molar-refractivity contribution in [3.63, 3.8) is 0 Å². The number of nitrogens with one attached hydrogen (secondary N) is 1. The number of carbonyl (C=O) groups is 1. The maximum Gasteiger partial charge on any atom is 0.308 e. The highest BCUT2D eigenvalue weighted by atomic mass is 19.1. The fourth-order valence-electron chi connectivity index (χ4n) is 4.25. The van der Waals surface area contributed by atoms with Crippen molar-refractivity contribution in [2.75, 3.05) is 0 Å². The number of hydrogen-bond donors (Lipinski definition) is 2. The fraction of sp³-hybridized carbons (Fsp3) is 0.588. The van der Waals surface area contributed by atoms with E-state index in [9.17, 15) is 14.3 Å². The van der Waals surface area contributed by atoms with Gasteiger partial charge in [0.15, 0.2) is 0 Å². The molecular formula is C17H22FNO2. The van der Waals surface area contributed by atoms with Crippen molar-refractivity contribution in [3.8, 4) is 0 Å². The molecule has 4 heteroatoms. The number of halogens is 1. The molecule has 0 heterocycles. The minimum atomic E-state index is -0.659. The smallest absolute Gasteiger partial charge is 0.308 e. The molecule has 0 aliphatic heterocycles. The van der Waals surface area contributed by atoms with E-state index in [0.717, 1.165) is 31.2 Å². The molecule has 2 N–H and O–H groups in total. The summed E-state index contributed by atoms with van der Waals surface area (Å²) in [6, 6.07) is 6.82. The maximum atomic E-state index is 12.9. The lowest BCUT2D eigenvalue weighted by Crippen LogP contribution is -2.48. The van der Waals surface area contributed by atoms with Gasteiger partial charge in [-0.25, -0.2) is 4.39 Å². The molecule has 114 valence electrons. The van der Waals surface area contributed by atoms with E-state index in [-0.39, 0.29) is 23.8 Å². The number of benzene rings is 1. The van der Waals surface area contributed by atoms with Gasteiger partial charge in [0.2, 0.25) is 0 Å². The van der Waals surface area contributed by atoms with E-state index in [0.29, 0.717) is 11.8 Å². The van der Waals surface area contributed by atoms with Crippen molar-refractivity contribution >= 4 is 5.97 Å². The Morgan fingerprint density at radius 2 is 2.00 bits per heavy atom. The molecule has 2 fully saturated rings. The summed E-state index contributed by atoms with van der Waals surface area (Å²) in [5.74, 6) is -0.263. The predicted molar refractivity (Wildman–Crippen MR) is 78.4 cm³/mol. The van der Waals surface area contributed by atoms with E-state index in [1.165, 1.54) is 12.1 Å². The Kier molecular flexibility index (Phi) is 3.98. The Hall–Kier alpha value is -1.42. The molecule has 0 amide bonds. The quantitative estimate of drug-likeness (QED) is 0.877. The minimum Gasteiger partial charge on any atom is -0.481 e. The molecule has 5 unspecified atom stereocenters. The van der Waals surface area contributed by atoms with E-state index >= 15 is 0 Å².